The first kappa shape index (κ1) is 14.6. The molecule has 3 aromatic heterocycles. The van der Waals surface area contributed by atoms with Crippen molar-refractivity contribution >= 4 is 32.5 Å². The molecular formula is C18H16N6S. The monoisotopic (exact) mass is 348 g/mol. The lowest BCUT2D eigenvalue weighted by Crippen LogP contribution is -2.29. The molecule has 2 aliphatic heterocycles. The van der Waals surface area contributed by atoms with E-state index in [1.54, 1.807) is 17.5 Å². The van der Waals surface area contributed by atoms with Gasteiger partial charge < -0.3 is 9.80 Å². The summed E-state index contributed by atoms with van der Waals surface area (Å²) in [4.78, 5) is 18.1. The summed E-state index contributed by atoms with van der Waals surface area (Å²) in [6, 6.07) is 7.96. The lowest BCUT2D eigenvalue weighted by Gasteiger charge is -2.22. The highest BCUT2D eigenvalue weighted by atomic mass is 32.1. The molecule has 2 aliphatic rings. The molecule has 5 heterocycles. The van der Waals surface area contributed by atoms with Crippen LogP contribution in [0.4, 0.5) is 10.9 Å². The Morgan fingerprint density at radius 3 is 2.52 bits per heavy atom. The van der Waals surface area contributed by atoms with Gasteiger partial charge in [-0.25, -0.2) is 9.97 Å². The standard InChI is InChI=1S/C18H16N6S/c19-5-12-1-2-17(21-6-12)23-8-13-10-24(11-14(13)9-23)18-22-15-7-20-4-3-16(15)25-18/h1-4,6-7,13-14H,8-11H2. The first-order valence-corrected chi connectivity index (χ1v) is 9.18. The van der Waals surface area contributed by atoms with E-state index in [-0.39, 0.29) is 0 Å². The van der Waals surface area contributed by atoms with E-state index < -0.39 is 0 Å². The maximum atomic E-state index is 8.90. The number of thiazole rings is 1. The van der Waals surface area contributed by atoms with Gasteiger partial charge in [-0.2, -0.15) is 5.26 Å². The molecule has 0 radical (unpaired) electrons. The number of nitrogens with zero attached hydrogens (tertiary/aromatic N) is 6. The molecule has 7 heteroatoms. The first-order valence-electron chi connectivity index (χ1n) is 8.37. The van der Waals surface area contributed by atoms with Crippen molar-refractivity contribution in [3.8, 4) is 6.07 Å². The van der Waals surface area contributed by atoms with Crippen LogP contribution in [0.1, 0.15) is 5.56 Å². The topological polar surface area (TPSA) is 68.9 Å². The van der Waals surface area contributed by atoms with E-state index in [0.29, 0.717) is 17.4 Å². The Balaban J connectivity index is 1.30. The molecule has 2 atom stereocenters. The molecule has 0 aromatic carbocycles. The van der Waals surface area contributed by atoms with Gasteiger partial charge in [0.25, 0.3) is 0 Å². The van der Waals surface area contributed by atoms with Gasteiger partial charge in [0.15, 0.2) is 5.13 Å². The molecule has 3 aromatic rings. The molecular weight excluding hydrogens is 332 g/mol. The van der Waals surface area contributed by atoms with Gasteiger partial charge in [-0.1, -0.05) is 11.3 Å². The highest BCUT2D eigenvalue weighted by Crippen LogP contribution is 2.38. The largest absolute Gasteiger partial charge is 0.356 e. The van der Waals surface area contributed by atoms with E-state index in [0.717, 1.165) is 42.6 Å². The lowest BCUT2D eigenvalue weighted by atomic mass is 10.0. The lowest BCUT2D eigenvalue weighted by molar-refractivity contribution is 0.533. The average molecular weight is 348 g/mol. The van der Waals surface area contributed by atoms with Gasteiger partial charge in [-0.05, 0) is 18.2 Å². The Morgan fingerprint density at radius 2 is 1.84 bits per heavy atom. The molecule has 0 saturated carbocycles. The van der Waals surface area contributed by atoms with Crippen molar-refractivity contribution in [3.63, 3.8) is 0 Å². The molecule has 25 heavy (non-hydrogen) atoms. The molecule has 2 unspecified atom stereocenters. The third-order valence-corrected chi connectivity index (χ3v) is 6.23. The fourth-order valence-electron chi connectivity index (χ4n) is 3.88. The van der Waals surface area contributed by atoms with E-state index in [1.165, 1.54) is 4.70 Å². The molecule has 0 bridgehead atoms. The molecule has 6 nitrogen and oxygen atoms in total. The van der Waals surface area contributed by atoms with Crippen molar-refractivity contribution in [1.82, 2.24) is 15.0 Å². The van der Waals surface area contributed by atoms with Crippen LogP contribution in [-0.4, -0.2) is 41.1 Å². The summed E-state index contributed by atoms with van der Waals surface area (Å²) >= 11 is 1.75. The van der Waals surface area contributed by atoms with Gasteiger partial charge in [0.05, 0.1) is 16.5 Å². The summed E-state index contributed by atoms with van der Waals surface area (Å²) in [5.41, 5.74) is 1.60. The number of pyridine rings is 2. The van der Waals surface area contributed by atoms with Crippen molar-refractivity contribution in [3.05, 3.63) is 42.4 Å². The number of anilines is 2. The van der Waals surface area contributed by atoms with E-state index in [1.807, 2.05) is 30.6 Å². The van der Waals surface area contributed by atoms with Crippen molar-refractivity contribution in [2.75, 3.05) is 36.0 Å². The third-order valence-electron chi connectivity index (χ3n) is 5.14. The Hall–Kier alpha value is -2.72. The maximum Gasteiger partial charge on any atom is 0.186 e. The van der Waals surface area contributed by atoms with Crippen molar-refractivity contribution in [1.29, 1.82) is 5.26 Å². The fourth-order valence-corrected chi connectivity index (χ4v) is 4.83. The minimum Gasteiger partial charge on any atom is -0.356 e. The zero-order chi connectivity index (χ0) is 16.8. The van der Waals surface area contributed by atoms with Gasteiger partial charge in [0.1, 0.15) is 17.4 Å². The molecule has 5 rings (SSSR count). The molecule has 124 valence electrons. The Bertz CT molecular complexity index is 913. The zero-order valence-electron chi connectivity index (χ0n) is 13.5. The predicted octanol–water partition coefficient (Wildman–Crippen LogP) is 2.53. The second kappa shape index (κ2) is 5.67. The van der Waals surface area contributed by atoms with Crippen LogP contribution >= 0.6 is 11.3 Å². The van der Waals surface area contributed by atoms with Crippen molar-refractivity contribution in [2.45, 2.75) is 0 Å². The summed E-state index contributed by atoms with van der Waals surface area (Å²) in [5, 5.41) is 10.0. The number of hydrogen-bond donors (Lipinski definition) is 0. The fraction of sp³-hybridized carbons (Fsp3) is 0.333. The summed E-state index contributed by atoms with van der Waals surface area (Å²) in [6.45, 7) is 4.13. The summed E-state index contributed by atoms with van der Waals surface area (Å²) in [6.07, 6.45) is 5.32. The van der Waals surface area contributed by atoms with Gasteiger partial charge >= 0.3 is 0 Å². The smallest absolute Gasteiger partial charge is 0.186 e. The normalized spacial score (nSPS) is 22.4. The third kappa shape index (κ3) is 2.50. The number of aromatic nitrogens is 3. The van der Waals surface area contributed by atoms with Crippen LogP contribution in [-0.2, 0) is 0 Å². The second-order valence-corrected chi connectivity index (χ2v) is 7.70. The number of hydrogen-bond acceptors (Lipinski definition) is 7. The van der Waals surface area contributed by atoms with E-state index in [4.69, 9.17) is 10.2 Å². The van der Waals surface area contributed by atoms with Crippen LogP contribution in [0, 0.1) is 23.2 Å². The van der Waals surface area contributed by atoms with E-state index in [2.05, 4.69) is 25.8 Å². The SMILES string of the molecule is N#Cc1ccc(N2CC3CN(c4nc5cnccc5s4)CC3C2)nc1. The van der Waals surface area contributed by atoms with Crippen LogP contribution < -0.4 is 9.80 Å². The number of fused-ring (bicyclic) bond motifs is 2. The summed E-state index contributed by atoms with van der Waals surface area (Å²) in [7, 11) is 0. The quantitative estimate of drug-likeness (QED) is 0.709. The average Bonchev–Trinajstić information content (AvgIpc) is 3.33. The van der Waals surface area contributed by atoms with Crippen LogP contribution in [0.2, 0.25) is 0 Å². The molecule has 0 amide bonds. The molecule has 0 N–H and O–H groups in total. The van der Waals surface area contributed by atoms with Gasteiger partial charge in [-0.15, -0.1) is 0 Å². The van der Waals surface area contributed by atoms with Crippen LogP contribution in [0.5, 0.6) is 0 Å². The molecule has 2 saturated heterocycles. The van der Waals surface area contributed by atoms with Gasteiger partial charge in [0.2, 0.25) is 0 Å². The summed E-state index contributed by atoms with van der Waals surface area (Å²) in [5.74, 6) is 2.26. The highest BCUT2D eigenvalue weighted by molar-refractivity contribution is 7.22. The molecule has 0 spiro atoms. The summed E-state index contributed by atoms with van der Waals surface area (Å²) < 4.78 is 1.20. The molecule has 0 aliphatic carbocycles. The highest BCUT2D eigenvalue weighted by Gasteiger charge is 2.41. The minimum atomic E-state index is 0.611. The van der Waals surface area contributed by atoms with Gasteiger partial charge in [-0.3, -0.25) is 4.98 Å². The number of nitriles is 1. The minimum absolute atomic E-state index is 0.611. The molecule has 2 fully saturated rings. The van der Waals surface area contributed by atoms with Crippen molar-refractivity contribution < 1.29 is 0 Å². The van der Waals surface area contributed by atoms with Crippen molar-refractivity contribution in [2.24, 2.45) is 11.8 Å². The van der Waals surface area contributed by atoms with E-state index >= 15 is 0 Å². The van der Waals surface area contributed by atoms with Crippen LogP contribution in [0.3, 0.4) is 0 Å². The van der Waals surface area contributed by atoms with Crippen LogP contribution in [0.15, 0.2) is 36.8 Å². The second-order valence-electron chi connectivity index (χ2n) is 6.69. The Labute approximate surface area is 149 Å². The maximum absolute atomic E-state index is 8.90. The van der Waals surface area contributed by atoms with E-state index in [9.17, 15) is 0 Å². The first-order chi connectivity index (χ1) is 12.3. The number of rotatable bonds is 2. The zero-order valence-corrected chi connectivity index (χ0v) is 14.4. The predicted molar refractivity (Wildman–Crippen MR) is 97.8 cm³/mol. The van der Waals surface area contributed by atoms with Crippen LogP contribution in [0.25, 0.3) is 10.2 Å². The Morgan fingerprint density at radius 1 is 1.04 bits per heavy atom. The van der Waals surface area contributed by atoms with Gasteiger partial charge in [0, 0.05) is 50.4 Å². The Kier molecular flexibility index (Phi) is 3.31.